The standard InChI is InChI=1S/C22H19NO4/c1-14-4-3-5-20(15(14)2)23-21(25)16-8-12-19(13-9-16)27-22(26)17-6-10-18(24)11-7-17/h3-13,24H,1-2H3,(H,23,25). The van der Waals surface area contributed by atoms with Crippen molar-refractivity contribution >= 4 is 17.6 Å². The van der Waals surface area contributed by atoms with E-state index in [0.717, 1.165) is 16.8 Å². The van der Waals surface area contributed by atoms with Gasteiger partial charge in [0.25, 0.3) is 5.91 Å². The topological polar surface area (TPSA) is 75.6 Å². The van der Waals surface area contributed by atoms with Gasteiger partial charge in [0, 0.05) is 11.3 Å². The summed E-state index contributed by atoms with van der Waals surface area (Å²) in [7, 11) is 0. The molecule has 136 valence electrons. The first-order chi connectivity index (χ1) is 12.9. The fraction of sp³-hybridized carbons (Fsp3) is 0.0909. The summed E-state index contributed by atoms with van der Waals surface area (Å²) in [5.74, 6) is -0.371. The lowest BCUT2D eigenvalue weighted by Gasteiger charge is -2.11. The molecule has 1 amide bonds. The van der Waals surface area contributed by atoms with Gasteiger partial charge in [-0.05, 0) is 79.6 Å². The number of carbonyl (C=O) groups is 2. The van der Waals surface area contributed by atoms with Gasteiger partial charge >= 0.3 is 5.97 Å². The third-order valence-electron chi connectivity index (χ3n) is 4.28. The van der Waals surface area contributed by atoms with Crippen molar-refractivity contribution in [3.8, 4) is 11.5 Å². The molecule has 0 heterocycles. The Kier molecular flexibility index (Phi) is 5.22. The molecule has 27 heavy (non-hydrogen) atoms. The molecule has 0 atom stereocenters. The molecule has 2 N–H and O–H groups in total. The van der Waals surface area contributed by atoms with Crippen LogP contribution in [0.2, 0.25) is 0 Å². The number of benzene rings is 3. The van der Waals surface area contributed by atoms with Gasteiger partial charge in [-0.3, -0.25) is 4.79 Å². The van der Waals surface area contributed by atoms with E-state index in [1.54, 1.807) is 24.3 Å². The van der Waals surface area contributed by atoms with Crippen LogP contribution in [0.3, 0.4) is 0 Å². The number of hydrogen-bond donors (Lipinski definition) is 2. The van der Waals surface area contributed by atoms with Gasteiger partial charge in [0.1, 0.15) is 11.5 Å². The van der Waals surface area contributed by atoms with E-state index in [4.69, 9.17) is 4.74 Å². The maximum Gasteiger partial charge on any atom is 0.343 e. The van der Waals surface area contributed by atoms with Crippen LogP contribution in [0.25, 0.3) is 0 Å². The number of aromatic hydroxyl groups is 1. The minimum absolute atomic E-state index is 0.0748. The second-order valence-electron chi connectivity index (χ2n) is 6.16. The first-order valence-electron chi connectivity index (χ1n) is 8.43. The fourth-order valence-electron chi connectivity index (χ4n) is 2.52. The Morgan fingerprint density at radius 1 is 0.852 bits per heavy atom. The summed E-state index contributed by atoms with van der Waals surface area (Å²) in [6.07, 6.45) is 0. The quantitative estimate of drug-likeness (QED) is 0.531. The van der Waals surface area contributed by atoms with E-state index in [1.165, 1.54) is 24.3 Å². The first-order valence-corrected chi connectivity index (χ1v) is 8.43. The molecule has 0 saturated carbocycles. The van der Waals surface area contributed by atoms with Crippen molar-refractivity contribution < 1.29 is 19.4 Å². The van der Waals surface area contributed by atoms with Crippen LogP contribution >= 0.6 is 0 Å². The Labute approximate surface area is 157 Å². The smallest absolute Gasteiger partial charge is 0.343 e. The third kappa shape index (κ3) is 4.33. The van der Waals surface area contributed by atoms with Gasteiger partial charge in [0.2, 0.25) is 0 Å². The SMILES string of the molecule is Cc1cccc(NC(=O)c2ccc(OC(=O)c3ccc(O)cc3)cc2)c1C. The lowest BCUT2D eigenvalue weighted by Crippen LogP contribution is -2.13. The highest BCUT2D eigenvalue weighted by atomic mass is 16.5. The third-order valence-corrected chi connectivity index (χ3v) is 4.28. The van der Waals surface area contributed by atoms with E-state index in [0.29, 0.717) is 16.9 Å². The molecule has 3 rings (SSSR count). The summed E-state index contributed by atoms with van der Waals surface area (Å²) in [5.41, 5.74) is 3.67. The summed E-state index contributed by atoms with van der Waals surface area (Å²) in [5, 5.41) is 12.1. The number of rotatable bonds is 4. The number of aryl methyl sites for hydroxylation is 1. The van der Waals surface area contributed by atoms with Crippen molar-refractivity contribution in [1.82, 2.24) is 0 Å². The Balaban J connectivity index is 1.67. The molecule has 0 aliphatic carbocycles. The minimum atomic E-state index is -0.539. The zero-order chi connectivity index (χ0) is 19.4. The molecule has 5 nitrogen and oxygen atoms in total. The fourth-order valence-corrected chi connectivity index (χ4v) is 2.52. The maximum atomic E-state index is 12.4. The second-order valence-corrected chi connectivity index (χ2v) is 6.16. The van der Waals surface area contributed by atoms with Crippen molar-refractivity contribution in [1.29, 1.82) is 0 Å². The highest BCUT2D eigenvalue weighted by molar-refractivity contribution is 6.04. The number of amides is 1. The van der Waals surface area contributed by atoms with Crippen LogP contribution in [0.1, 0.15) is 31.8 Å². The largest absolute Gasteiger partial charge is 0.508 e. The predicted octanol–water partition coefficient (Wildman–Crippen LogP) is 4.48. The van der Waals surface area contributed by atoms with E-state index in [2.05, 4.69) is 5.32 Å². The number of carbonyl (C=O) groups excluding carboxylic acids is 2. The lowest BCUT2D eigenvalue weighted by atomic mass is 10.1. The van der Waals surface area contributed by atoms with E-state index in [9.17, 15) is 14.7 Å². The van der Waals surface area contributed by atoms with E-state index in [1.807, 2.05) is 32.0 Å². The zero-order valence-corrected chi connectivity index (χ0v) is 15.0. The molecular weight excluding hydrogens is 342 g/mol. The number of anilines is 1. The van der Waals surface area contributed by atoms with Crippen molar-refractivity contribution in [3.05, 3.63) is 89.0 Å². The highest BCUT2D eigenvalue weighted by Gasteiger charge is 2.11. The summed E-state index contributed by atoms with van der Waals surface area (Å²) >= 11 is 0. The van der Waals surface area contributed by atoms with E-state index >= 15 is 0 Å². The van der Waals surface area contributed by atoms with Crippen LogP contribution in [-0.2, 0) is 0 Å². The Morgan fingerprint density at radius 3 is 2.15 bits per heavy atom. The highest BCUT2D eigenvalue weighted by Crippen LogP contribution is 2.20. The van der Waals surface area contributed by atoms with Gasteiger partial charge in [-0.25, -0.2) is 4.79 Å². The van der Waals surface area contributed by atoms with Gasteiger partial charge in [-0.2, -0.15) is 0 Å². The molecule has 0 unspecified atom stereocenters. The van der Waals surface area contributed by atoms with Gasteiger partial charge in [-0.15, -0.1) is 0 Å². The predicted molar refractivity (Wildman–Crippen MR) is 103 cm³/mol. The van der Waals surface area contributed by atoms with Gasteiger partial charge in [-0.1, -0.05) is 12.1 Å². The summed E-state index contributed by atoms with van der Waals surface area (Å²) in [6, 6.07) is 17.8. The molecule has 3 aromatic carbocycles. The molecule has 0 aromatic heterocycles. The molecule has 0 aliphatic heterocycles. The number of phenolic OH excluding ortho intramolecular Hbond substituents is 1. The van der Waals surface area contributed by atoms with Gasteiger partial charge < -0.3 is 15.2 Å². The van der Waals surface area contributed by atoms with Crippen LogP contribution in [0.5, 0.6) is 11.5 Å². The van der Waals surface area contributed by atoms with Crippen LogP contribution < -0.4 is 10.1 Å². The van der Waals surface area contributed by atoms with Crippen molar-refractivity contribution in [2.75, 3.05) is 5.32 Å². The zero-order valence-electron chi connectivity index (χ0n) is 15.0. The van der Waals surface area contributed by atoms with Crippen molar-refractivity contribution in [2.24, 2.45) is 0 Å². The molecule has 3 aromatic rings. The summed E-state index contributed by atoms with van der Waals surface area (Å²) < 4.78 is 5.28. The van der Waals surface area contributed by atoms with Crippen LogP contribution in [0.15, 0.2) is 66.7 Å². The molecule has 0 fully saturated rings. The van der Waals surface area contributed by atoms with Crippen LogP contribution in [0, 0.1) is 13.8 Å². The Morgan fingerprint density at radius 2 is 1.48 bits per heavy atom. The summed E-state index contributed by atoms with van der Waals surface area (Å²) in [6.45, 7) is 3.94. The average molecular weight is 361 g/mol. The number of nitrogens with one attached hydrogen (secondary N) is 1. The molecule has 0 radical (unpaired) electrons. The summed E-state index contributed by atoms with van der Waals surface area (Å²) in [4.78, 5) is 24.5. The molecule has 0 aliphatic rings. The van der Waals surface area contributed by atoms with Gasteiger partial charge in [0.05, 0.1) is 5.56 Å². The van der Waals surface area contributed by atoms with E-state index < -0.39 is 5.97 Å². The number of ether oxygens (including phenoxy) is 1. The lowest BCUT2D eigenvalue weighted by molar-refractivity contribution is 0.0734. The monoisotopic (exact) mass is 361 g/mol. The Hall–Kier alpha value is -3.60. The van der Waals surface area contributed by atoms with Crippen LogP contribution in [0.4, 0.5) is 5.69 Å². The Bertz CT molecular complexity index is 976. The number of esters is 1. The molecular formula is C22H19NO4. The molecule has 0 saturated heterocycles. The van der Waals surface area contributed by atoms with Gasteiger partial charge in [0.15, 0.2) is 0 Å². The van der Waals surface area contributed by atoms with Crippen molar-refractivity contribution in [3.63, 3.8) is 0 Å². The molecule has 0 spiro atoms. The van der Waals surface area contributed by atoms with Crippen molar-refractivity contribution in [2.45, 2.75) is 13.8 Å². The first kappa shape index (κ1) is 18.2. The second kappa shape index (κ2) is 7.74. The van der Waals surface area contributed by atoms with Crippen LogP contribution in [-0.4, -0.2) is 17.0 Å². The number of hydrogen-bond acceptors (Lipinski definition) is 4. The minimum Gasteiger partial charge on any atom is -0.508 e. The van der Waals surface area contributed by atoms with E-state index in [-0.39, 0.29) is 11.7 Å². The normalized spacial score (nSPS) is 10.3. The molecule has 0 bridgehead atoms. The number of phenols is 1. The molecule has 5 heteroatoms. The average Bonchev–Trinajstić information content (AvgIpc) is 2.66. The maximum absolute atomic E-state index is 12.4.